The molecular formula is C34H51F4NO12. The first kappa shape index (κ1) is 44.3. The highest BCUT2D eigenvalue weighted by Gasteiger charge is 2.23. The van der Waals surface area contributed by atoms with E-state index >= 15 is 0 Å². The van der Waals surface area contributed by atoms with Gasteiger partial charge in [-0.05, 0) is 32.1 Å². The van der Waals surface area contributed by atoms with Crippen LogP contribution in [0.4, 0.5) is 22.4 Å². The lowest BCUT2D eigenvalue weighted by atomic mass is 10.0. The summed E-state index contributed by atoms with van der Waals surface area (Å²) in [5.74, 6) is -9.49. The van der Waals surface area contributed by atoms with Crippen LogP contribution in [0, 0.1) is 23.3 Å². The average Bonchev–Trinajstić information content (AvgIpc) is 3.10. The molecule has 1 aromatic rings. The summed E-state index contributed by atoms with van der Waals surface area (Å²) in [6.07, 6.45) is 8.23. The van der Waals surface area contributed by atoms with Crippen molar-refractivity contribution in [3.8, 4) is 5.75 Å². The second kappa shape index (κ2) is 29.7. The van der Waals surface area contributed by atoms with Gasteiger partial charge in [0.15, 0.2) is 11.6 Å². The second-order valence-corrected chi connectivity index (χ2v) is 10.9. The number of nitrogens with one attached hydrogen (secondary N) is 1. The molecule has 0 saturated heterocycles. The molecule has 292 valence electrons. The van der Waals surface area contributed by atoms with Crippen LogP contribution in [0.2, 0.25) is 0 Å². The van der Waals surface area contributed by atoms with Crippen LogP contribution in [0.15, 0.2) is 18.2 Å². The Balaban J connectivity index is 1.22. The minimum Gasteiger partial charge on any atom is -0.446 e. The van der Waals surface area contributed by atoms with Crippen molar-refractivity contribution in [1.82, 2.24) is 5.32 Å². The molecule has 0 bridgehead atoms. The van der Waals surface area contributed by atoms with Crippen molar-refractivity contribution in [1.29, 1.82) is 0 Å². The molecular weight excluding hydrogens is 690 g/mol. The van der Waals surface area contributed by atoms with Gasteiger partial charge in [0, 0.05) is 12.6 Å². The SMILES string of the molecule is O=C(CCOCCOCCOCCOCCOCCOCCOCCOCCNC(=O)OC1CC/C=C/CCC1)Oc1c(F)c(F)cc(F)c1F. The Bertz CT molecular complexity index is 1090. The van der Waals surface area contributed by atoms with Crippen LogP contribution >= 0.6 is 0 Å². The van der Waals surface area contributed by atoms with E-state index in [1.54, 1.807) is 0 Å². The van der Waals surface area contributed by atoms with Crippen molar-refractivity contribution in [2.75, 3.05) is 112 Å². The third kappa shape index (κ3) is 22.6. The summed E-state index contributed by atoms with van der Waals surface area (Å²) in [6, 6.07) is 0.0170. The number of carbonyl (C=O) groups is 2. The standard InChI is InChI=1S/C34H51F4NO12/c35-28-26-29(36)32(38)33(31(28)37)51-30(40)8-10-42-12-14-44-16-18-46-20-22-48-24-25-49-23-21-47-19-17-45-15-13-43-11-9-39-34(41)50-27-6-4-2-1-3-5-7-27/h1-2,26-27H,3-25H2,(H,39,41)/b2-1+. The Hall–Kier alpha value is -2.90. The number of halogens is 4. The molecule has 1 atom stereocenters. The lowest BCUT2D eigenvalue weighted by molar-refractivity contribution is -0.136. The Labute approximate surface area is 296 Å². The highest BCUT2D eigenvalue weighted by Crippen LogP contribution is 2.26. The van der Waals surface area contributed by atoms with Crippen LogP contribution < -0.4 is 10.1 Å². The molecule has 0 fully saturated rings. The van der Waals surface area contributed by atoms with Gasteiger partial charge in [0.25, 0.3) is 0 Å². The van der Waals surface area contributed by atoms with Gasteiger partial charge in [0.2, 0.25) is 17.4 Å². The van der Waals surface area contributed by atoms with Gasteiger partial charge in [0.1, 0.15) is 6.10 Å². The van der Waals surface area contributed by atoms with Crippen molar-refractivity contribution in [3.05, 3.63) is 41.5 Å². The van der Waals surface area contributed by atoms with E-state index in [0.717, 1.165) is 32.1 Å². The maximum absolute atomic E-state index is 13.5. The number of rotatable bonds is 29. The van der Waals surface area contributed by atoms with Crippen LogP contribution in [0.1, 0.15) is 38.5 Å². The van der Waals surface area contributed by atoms with Crippen molar-refractivity contribution >= 4 is 12.1 Å². The number of amides is 1. The van der Waals surface area contributed by atoms with Crippen LogP contribution in [-0.4, -0.2) is 130 Å². The molecule has 1 unspecified atom stereocenters. The number of carbonyl (C=O) groups excluding carboxylic acids is 2. The summed E-state index contributed by atoms with van der Waals surface area (Å²) >= 11 is 0. The third-order valence-corrected chi connectivity index (χ3v) is 6.85. The average molecular weight is 742 g/mol. The van der Waals surface area contributed by atoms with Gasteiger partial charge in [-0.3, -0.25) is 4.79 Å². The number of benzene rings is 1. The molecule has 0 saturated carbocycles. The molecule has 17 heteroatoms. The molecule has 1 aliphatic rings. The fourth-order valence-corrected chi connectivity index (χ4v) is 4.26. The van der Waals surface area contributed by atoms with Crippen LogP contribution in [0.3, 0.4) is 0 Å². The molecule has 2 rings (SSSR count). The van der Waals surface area contributed by atoms with Gasteiger partial charge in [-0.15, -0.1) is 0 Å². The number of esters is 1. The molecule has 1 N–H and O–H groups in total. The van der Waals surface area contributed by atoms with Gasteiger partial charge in [0.05, 0.1) is 112 Å². The normalized spacial score (nSPS) is 15.3. The third-order valence-electron chi connectivity index (χ3n) is 6.85. The van der Waals surface area contributed by atoms with E-state index in [0.29, 0.717) is 92.4 Å². The molecule has 1 amide bonds. The van der Waals surface area contributed by atoms with E-state index in [4.69, 9.17) is 42.6 Å². The number of hydrogen-bond acceptors (Lipinski definition) is 12. The first-order valence-electron chi connectivity index (χ1n) is 17.1. The lowest BCUT2D eigenvalue weighted by Crippen LogP contribution is -2.31. The molecule has 1 aliphatic carbocycles. The Kier molecular flexibility index (Phi) is 25.7. The second-order valence-electron chi connectivity index (χ2n) is 10.9. The summed E-state index contributed by atoms with van der Waals surface area (Å²) < 4.78 is 106. The largest absolute Gasteiger partial charge is 0.446 e. The van der Waals surface area contributed by atoms with Crippen molar-refractivity contribution in [2.45, 2.75) is 44.6 Å². The first-order valence-corrected chi connectivity index (χ1v) is 17.1. The highest BCUT2D eigenvalue weighted by atomic mass is 19.2. The predicted octanol–water partition coefficient (Wildman–Crippen LogP) is 4.29. The summed E-state index contributed by atoms with van der Waals surface area (Å²) in [5, 5.41) is 2.71. The van der Waals surface area contributed by atoms with Crippen LogP contribution in [0.5, 0.6) is 5.75 Å². The summed E-state index contributed by atoms with van der Waals surface area (Å²) in [4.78, 5) is 23.6. The number of allylic oxidation sites excluding steroid dienone is 2. The molecule has 0 aromatic heterocycles. The zero-order valence-electron chi connectivity index (χ0n) is 29.0. The molecule has 0 radical (unpaired) electrons. The van der Waals surface area contributed by atoms with Crippen molar-refractivity contribution in [3.63, 3.8) is 0 Å². The van der Waals surface area contributed by atoms with Gasteiger partial charge in [-0.1, -0.05) is 12.2 Å². The molecule has 1 aromatic carbocycles. The summed E-state index contributed by atoms with van der Waals surface area (Å²) in [6.45, 7) is 5.72. The van der Waals surface area contributed by atoms with Gasteiger partial charge in [-0.25, -0.2) is 13.6 Å². The predicted molar refractivity (Wildman–Crippen MR) is 174 cm³/mol. The topological polar surface area (TPSA) is 138 Å². The minimum atomic E-state index is -1.80. The minimum absolute atomic E-state index is 0.0170. The molecule has 13 nitrogen and oxygen atoms in total. The maximum Gasteiger partial charge on any atom is 0.407 e. The Morgan fingerprint density at radius 2 is 1.02 bits per heavy atom. The van der Waals surface area contributed by atoms with Gasteiger partial charge < -0.3 is 52.7 Å². The summed E-state index contributed by atoms with van der Waals surface area (Å²) in [5.41, 5.74) is 0. The van der Waals surface area contributed by atoms with E-state index in [-0.39, 0.29) is 32.0 Å². The zero-order valence-corrected chi connectivity index (χ0v) is 29.0. The molecule has 0 heterocycles. The van der Waals surface area contributed by atoms with E-state index in [9.17, 15) is 27.2 Å². The zero-order chi connectivity index (χ0) is 36.8. The summed E-state index contributed by atoms with van der Waals surface area (Å²) in [7, 11) is 0. The first-order chi connectivity index (χ1) is 24.9. The fourth-order valence-electron chi connectivity index (χ4n) is 4.26. The van der Waals surface area contributed by atoms with Gasteiger partial charge >= 0.3 is 12.1 Å². The quantitative estimate of drug-likeness (QED) is 0.0313. The number of alkyl carbamates (subject to hydrolysis) is 1. The molecule has 0 spiro atoms. The van der Waals surface area contributed by atoms with Crippen LogP contribution in [0.25, 0.3) is 0 Å². The van der Waals surface area contributed by atoms with Crippen molar-refractivity contribution < 1.29 is 74.5 Å². The smallest absolute Gasteiger partial charge is 0.407 e. The van der Waals surface area contributed by atoms with Gasteiger partial charge in [-0.2, -0.15) is 8.78 Å². The lowest BCUT2D eigenvalue weighted by Gasteiger charge is -2.18. The molecule has 51 heavy (non-hydrogen) atoms. The van der Waals surface area contributed by atoms with E-state index in [1.165, 1.54) is 0 Å². The van der Waals surface area contributed by atoms with E-state index in [2.05, 4.69) is 22.2 Å². The number of hydrogen-bond donors (Lipinski definition) is 1. The maximum atomic E-state index is 13.5. The highest BCUT2D eigenvalue weighted by molar-refractivity contribution is 5.72. The van der Waals surface area contributed by atoms with E-state index < -0.39 is 47.5 Å². The number of ether oxygens (including phenoxy) is 10. The van der Waals surface area contributed by atoms with Crippen LogP contribution in [-0.2, 0) is 47.4 Å². The molecule has 0 aliphatic heterocycles. The fraction of sp³-hybridized carbons (Fsp3) is 0.706. The van der Waals surface area contributed by atoms with E-state index in [1.807, 2.05) is 0 Å². The monoisotopic (exact) mass is 741 g/mol. The van der Waals surface area contributed by atoms with Crippen molar-refractivity contribution in [2.24, 2.45) is 0 Å². The Morgan fingerprint density at radius 1 is 0.588 bits per heavy atom. The Morgan fingerprint density at radius 3 is 1.51 bits per heavy atom.